The molecule has 6 nitrogen and oxygen atoms in total. The predicted molar refractivity (Wildman–Crippen MR) is 274 cm³/mol. The molecule has 0 radical (unpaired) electrons. The first-order chi connectivity index (χ1) is 31.5. The first kappa shape index (κ1) is 60.1. The van der Waals surface area contributed by atoms with E-state index in [9.17, 15) is 14.4 Å². The summed E-state index contributed by atoms with van der Waals surface area (Å²) in [6.07, 6.45) is 69.3. The molecule has 0 bridgehead atoms. The van der Waals surface area contributed by atoms with Crippen molar-refractivity contribution in [1.29, 1.82) is 0 Å². The number of esters is 3. The van der Waals surface area contributed by atoms with Crippen LogP contribution in [0.5, 0.6) is 0 Å². The summed E-state index contributed by atoms with van der Waals surface area (Å²) in [5, 5.41) is 0. The average Bonchev–Trinajstić information content (AvgIpc) is 3.29. The maximum absolute atomic E-state index is 12.8. The van der Waals surface area contributed by atoms with Crippen molar-refractivity contribution in [3.63, 3.8) is 0 Å². The van der Waals surface area contributed by atoms with E-state index < -0.39 is 6.10 Å². The number of ether oxygens (including phenoxy) is 3. The minimum absolute atomic E-state index is 0.106. The highest BCUT2D eigenvalue weighted by Gasteiger charge is 2.19. The van der Waals surface area contributed by atoms with E-state index in [4.69, 9.17) is 14.2 Å². The molecular formula is C58H94O6. The molecule has 0 amide bonds. The molecule has 0 aliphatic rings. The molecule has 0 heterocycles. The van der Waals surface area contributed by atoms with Gasteiger partial charge in [-0.2, -0.15) is 0 Å². The van der Waals surface area contributed by atoms with E-state index in [2.05, 4.69) is 130 Å². The Hall–Kier alpha value is -3.93. The van der Waals surface area contributed by atoms with Gasteiger partial charge in [-0.25, -0.2) is 0 Å². The highest BCUT2D eigenvalue weighted by molar-refractivity contribution is 5.71. The van der Waals surface area contributed by atoms with Gasteiger partial charge >= 0.3 is 17.9 Å². The molecule has 0 aromatic heterocycles. The van der Waals surface area contributed by atoms with E-state index in [1.165, 1.54) is 70.6 Å². The molecule has 6 heteroatoms. The number of unbranched alkanes of at least 4 members (excludes halogenated alkanes) is 18. The normalized spacial score (nSPS) is 13.0. The number of hydrogen-bond donors (Lipinski definition) is 0. The van der Waals surface area contributed by atoms with Gasteiger partial charge in [0.1, 0.15) is 13.2 Å². The molecule has 0 aliphatic carbocycles. The summed E-state index contributed by atoms with van der Waals surface area (Å²) >= 11 is 0. The van der Waals surface area contributed by atoms with Gasteiger partial charge in [0.15, 0.2) is 6.10 Å². The SMILES string of the molecule is CC\C=C/C=C\C=C/CCCCCCCCCC(=O)OC(COC(=O)CCC/C=C\C/C=C\C/C=C\C/C=C\CCCCC)COC(=O)CCCCCCCCC/C=C\C/C=C\CC. The van der Waals surface area contributed by atoms with Gasteiger partial charge in [0, 0.05) is 19.3 Å². The Balaban J connectivity index is 4.52. The molecule has 0 spiro atoms. The summed E-state index contributed by atoms with van der Waals surface area (Å²) in [4.78, 5) is 38.0. The van der Waals surface area contributed by atoms with Gasteiger partial charge in [-0.1, -0.05) is 207 Å². The third kappa shape index (κ3) is 49.1. The van der Waals surface area contributed by atoms with Crippen molar-refractivity contribution in [2.24, 2.45) is 0 Å². The highest BCUT2D eigenvalue weighted by Crippen LogP contribution is 2.13. The zero-order valence-corrected chi connectivity index (χ0v) is 41.3. The molecular weight excluding hydrogens is 793 g/mol. The summed E-state index contributed by atoms with van der Waals surface area (Å²) in [5.74, 6) is -0.990. The fourth-order valence-electron chi connectivity index (χ4n) is 6.71. The van der Waals surface area contributed by atoms with Gasteiger partial charge in [-0.05, 0) is 103 Å². The molecule has 0 aromatic rings. The molecule has 64 heavy (non-hydrogen) atoms. The highest BCUT2D eigenvalue weighted by atomic mass is 16.6. The molecule has 362 valence electrons. The Morgan fingerprint density at radius 1 is 0.344 bits per heavy atom. The summed E-state index contributed by atoms with van der Waals surface area (Å²) in [6.45, 7) is 6.30. The summed E-state index contributed by atoms with van der Waals surface area (Å²) < 4.78 is 16.7. The lowest BCUT2D eigenvalue weighted by atomic mass is 10.1. The Bertz CT molecular complexity index is 1340. The molecule has 0 saturated heterocycles. The third-order valence-corrected chi connectivity index (χ3v) is 10.6. The maximum atomic E-state index is 12.8. The van der Waals surface area contributed by atoms with Crippen LogP contribution in [-0.4, -0.2) is 37.2 Å². The van der Waals surface area contributed by atoms with E-state index in [0.717, 1.165) is 103 Å². The standard InChI is InChI=1S/C58H94O6/c1-4-7-10-13-16-19-22-25-28-29-31-33-36-39-42-45-48-51-57(60)63-54-55(53-62-56(59)50-47-44-41-38-35-32-27-24-21-18-15-12-9-6-3)64-58(61)52-49-46-43-40-37-34-30-26-23-20-17-14-11-8-5-2/h8-9,11-12,14,16-21,23,25,28,31,33,39,42,55H,4-7,10,13,15,22,24,26-27,29-30,32,34-38,40-41,43-54H2,1-3H3/b11-8-,12-9-,17-14-,19-16-,21-18-,23-20-,28-25-,33-31-,42-39-. The van der Waals surface area contributed by atoms with Crippen LogP contribution >= 0.6 is 0 Å². The van der Waals surface area contributed by atoms with Crippen LogP contribution in [0.4, 0.5) is 0 Å². The van der Waals surface area contributed by atoms with Crippen LogP contribution in [-0.2, 0) is 28.6 Å². The van der Waals surface area contributed by atoms with Gasteiger partial charge < -0.3 is 14.2 Å². The zero-order valence-electron chi connectivity index (χ0n) is 41.3. The quantitative estimate of drug-likeness (QED) is 0.0199. The topological polar surface area (TPSA) is 78.9 Å². The number of carbonyl (C=O) groups excluding carboxylic acids is 3. The monoisotopic (exact) mass is 887 g/mol. The molecule has 0 fully saturated rings. The van der Waals surface area contributed by atoms with Crippen molar-refractivity contribution in [2.45, 2.75) is 226 Å². The van der Waals surface area contributed by atoms with Crippen molar-refractivity contribution >= 4 is 17.9 Å². The second-order valence-corrected chi connectivity index (χ2v) is 16.7. The molecule has 1 unspecified atom stereocenters. The lowest BCUT2D eigenvalue weighted by Crippen LogP contribution is -2.30. The van der Waals surface area contributed by atoms with E-state index in [-0.39, 0.29) is 37.5 Å². The van der Waals surface area contributed by atoms with Crippen molar-refractivity contribution in [3.05, 3.63) is 109 Å². The zero-order chi connectivity index (χ0) is 46.5. The number of hydrogen-bond acceptors (Lipinski definition) is 6. The van der Waals surface area contributed by atoms with Crippen LogP contribution in [0.15, 0.2) is 109 Å². The van der Waals surface area contributed by atoms with E-state index in [1.54, 1.807) is 0 Å². The number of rotatable bonds is 45. The van der Waals surface area contributed by atoms with Crippen LogP contribution in [0.25, 0.3) is 0 Å². The third-order valence-electron chi connectivity index (χ3n) is 10.6. The fraction of sp³-hybridized carbons (Fsp3) is 0.638. The van der Waals surface area contributed by atoms with E-state index in [0.29, 0.717) is 19.3 Å². The first-order valence-corrected chi connectivity index (χ1v) is 25.9. The van der Waals surface area contributed by atoms with Crippen LogP contribution in [0.3, 0.4) is 0 Å². The van der Waals surface area contributed by atoms with Crippen molar-refractivity contribution in [2.75, 3.05) is 13.2 Å². The molecule has 0 N–H and O–H groups in total. The summed E-state index contributed by atoms with van der Waals surface area (Å²) in [7, 11) is 0. The Morgan fingerprint density at radius 2 is 0.703 bits per heavy atom. The fourth-order valence-corrected chi connectivity index (χ4v) is 6.71. The second kappa shape index (κ2) is 51.7. The summed E-state index contributed by atoms with van der Waals surface area (Å²) in [5.41, 5.74) is 0. The smallest absolute Gasteiger partial charge is 0.306 e. The van der Waals surface area contributed by atoms with Crippen molar-refractivity contribution < 1.29 is 28.6 Å². The van der Waals surface area contributed by atoms with Crippen LogP contribution in [0, 0.1) is 0 Å². The van der Waals surface area contributed by atoms with Crippen LogP contribution < -0.4 is 0 Å². The van der Waals surface area contributed by atoms with E-state index in [1.807, 2.05) is 0 Å². The van der Waals surface area contributed by atoms with Crippen molar-refractivity contribution in [3.8, 4) is 0 Å². The Kier molecular flexibility index (Phi) is 48.5. The lowest BCUT2D eigenvalue weighted by molar-refractivity contribution is -0.167. The van der Waals surface area contributed by atoms with Crippen LogP contribution in [0.1, 0.15) is 220 Å². The Labute approximate surface area is 393 Å². The molecule has 0 aromatic carbocycles. The summed E-state index contributed by atoms with van der Waals surface area (Å²) in [6, 6.07) is 0. The van der Waals surface area contributed by atoms with Crippen molar-refractivity contribution in [1.82, 2.24) is 0 Å². The molecule has 0 rings (SSSR count). The van der Waals surface area contributed by atoms with Gasteiger partial charge in [0.05, 0.1) is 0 Å². The second-order valence-electron chi connectivity index (χ2n) is 16.7. The van der Waals surface area contributed by atoms with Gasteiger partial charge in [0.25, 0.3) is 0 Å². The lowest BCUT2D eigenvalue weighted by Gasteiger charge is -2.18. The maximum Gasteiger partial charge on any atom is 0.306 e. The number of allylic oxidation sites excluding steroid dienone is 18. The number of carbonyl (C=O) groups is 3. The molecule has 0 aliphatic heterocycles. The minimum Gasteiger partial charge on any atom is -0.462 e. The van der Waals surface area contributed by atoms with Gasteiger partial charge in [-0.15, -0.1) is 0 Å². The largest absolute Gasteiger partial charge is 0.462 e. The first-order valence-electron chi connectivity index (χ1n) is 25.9. The van der Waals surface area contributed by atoms with Gasteiger partial charge in [-0.3, -0.25) is 14.4 Å². The minimum atomic E-state index is -0.811. The van der Waals surface area contributed by atoms with Gasteiger partial charge in [0.2, 0.25) is 0 Å². The average molecular weight is 887 g/mol. The van der Waals surface area contributed by atoms with Crippen LogP contribution in [0.2, 0.25) is 0 Å². The molecule has 0 saturated carbocycles. The Morgan fingerprint density at radius 3 is 1.19 bits per heavy atom. The van der Waals surface area contributed by atoms with E-state index >= 15 is 0 Å². The molecule has 1 atom stereocenters. The predicted octanol–water partition coefficient (Wildman–Crippen LogP) is 17.1.